The van der Waals surface area contributed by atoms with E-state index >= 15 is 0 Å². The fourth-order valence-corrected chi connectivity index (χ4v) is 1.61. The molecule has 1 atom stereocenters. The molecule has 0 saturated heterocycles. The van der Waals surface area contributed by atoms with Gasteiger partial charge in [0, 0.05) is 13.7 Å². The van der Waals surface area contributed by atoms with Crippen LogP contribution in [0, 0.1) is 0 Å². The van der Waals surface area contributed by atoms with E-state index in [4.69, 9.17) is 14.2 Å². The van der Waals surface area contributed by atoms with E-state index < -0.39 is 0 Å². The van der Waals surface area contributed by atoms with E-state index in [2.05, 4.69) is 18.7 Å². The Morgan fingerprint density at radius 2 is 1.56 bits per heavy atom. The molecule has 0 rings (SSSR count). The van der Waals surface area contributed by atoms with E-state index in [0.29, 0.717) is 25.9 Å². The Kier molecular flexibility index (Phi) is 11.2. The highest BCUT2D eigenvalue weighted by atomic mass is 16.5. The third-order valence-electron chi connectivity index (χ3n) is 2.59. The van der Waals surface area contributed by atoms with Gasteiger partial charge in [-0.25, -0.2) is 0 Å². The zero-order chi connectivity index (χ0) is 12.2. The lowest BCUT2D eigenvalue weighted by Crippen LogP contribution is -2.42. The maximum absolute atomic E-state index is 5.57. The van der Waals surface area contributed by atoms with Crippen LogP contribution >= 0.6 is 0 Å². The Labute approximate surface area is 99.9 Å². The molecule has 0 fully saturated rings. The molecule has 0 radical (unpaired) electrons. The molecule has 0 aliphatic rings. The summed E-state index contributed by atoms with van der Waals surface area (Å²) in [7, 11) is 1.69. The lowest BCUT2D eigenvalue weighted by molar-refractivity contribution is -0.00231. The van der Waals surface area contributed by atoms with Gasteiger partial charge in [-0.2, -0.15) is 0 Å². The molecule has 0 heterocycles. The maximum atomic E-state index is 5.57. The van der Waals surface area contributed by atoms with Crippen molar-refractivity contribution in [3.05, 3.63) is 0 Å². The first-order valence-electron chi connectivity index (χ1n) is 6.18. The molecular weight excluding hydrogens is 206 g/mol. The molecule has 0 spiro atoms. The van der Waals surface area contributed by atoms with Gasteiger partial charge in [-0.3, -0.25) is 4.90 Å². The van der Waals surface area contributed by atoms with E-state index in [1.807, 2.05) is 6.92 Å². The Morgan fingerprint density at radius 1 is 0.938 bits per heavy atom. The number of ether oxygens (including phenoxy) is 3. The summed E-state index contributed by atoms with van der Waals surface area (Å²) in [5.74, 6) is 0. The fourth-order valence-electron chi connectivity index (χ4n) is 1.61. The van der Waals surface area contributed by atoms with Crippen LogP contribution in [0.5, 0.6) is 0 Å². The van der Waals surface area contributed by atoms with Crippen molar-refractivity contribution in [1.82, 2.24) is 4.90 Å². The molecule has 0 saturated carbocycles. The Hall–Kier alpha value is -0.160. The van der Waals surface area contributed by atoms with Gasteiger partial charge in [0.1, 0.15) is 0 Å². The average molecular weight is 233 g/mol. The molecule has 0 aromatic carbocycles. The molecule has 0 N–H and O–H groups in total. The van der Waals surface area contributed by atoms with Crippen LogP contribution in [0.4, 0.5) is 0 Å². The molecule has 0 aliphatic carbocycles. The third kappa shape index (κ3) is 7.17. The molecule has 1 unspecified atom stereocenters. The van der Waals surface area contributed by atoms with Gasteiger partial charge in [0.15, 0.2) is 0 Å². The average Bonchev–Trinajstić information content (AvgIpc) is 2.31. The number of hydrogen-bond donors (Lipinski definition) is 0. The molecular formula is C12H27NO3. The summed E-state index contributed by atoms with van der Waals surface area (Å²) >= 11 is 0. The number of rotatable bonds is 11. The molecule has 0 aromatic heterocycles. The highest BCUT2D eigenvalue weighted by molar-refractivity contribution is 4.68. The standard InChI is InChI=1S/C12H27NO3/c1-5-13(6-2)12(10-15-7-3)11-16-9-8-14-4/h12H,5-11H2,1-4H3. The van der Waals surface area contributed by atoms with Crippen molar-refractivity contribution in [3.8, 4) is 0 Å². The second kappa shape index (κ2) is 11.3. The predicted molar refractivity (Wildman–Crippen MR) is 65.9 cm³/mol. The summed E-state index contributed by atoms with van der Waals surface area (Å²) in [4.78, 5) is 2.36. The maximum Gasteiger partial charge on any atom is 0.0701 e. The predicted octanol–water partition coefficient (Wildman–Crippen LogP) is 1.40. The van der Waals surface area contributed by atoms with Crippen LogP contribution in [0.3, 0.4) is 0 Å². The van der Waals surface area contributed by atoms with E-state index in [0.717, 1.165) is 26.3 Å². The lowest BCUT2D eigenvalue weighted by Gasteiger charge is -2.29. The van der Waals surface area contributed by atoms with Crippen molar-refractivity contribution in [2.45, 2.75) is 26.8 Å². The summed E-state index contributed by atoms with van der Waals surface area (Å²) in [6.45, 7) is 11.9. The topological polar surface area (TPSA) is 30.9 Å². The van der Waals surface area contributed by atoms with Crippen LogP contribution < -0.4 is 0 Å². The first-order valence-corrected chi connectivity index (χ1v) is 6.18. The van der Waals surface area contributed by atoms with E-state index in [9.17, 15) is 0 Å². The normalized spacial score (nSPS) is 13.3. The highest BCUT2D eigenvalue weighted by Gasteiger charge is 2.15. The van der Waals surface area contributed by atoms with Crippen molar-refractivity contribution in [3.63, 3.8) is 0 Å². The van der Waals surface area contributed by atoms with Crippen LogP contribution in [0.1, 0.15) is 20.8 Å². The first kappa shape index (κ1) is 15.8. The minimum Gasteiger partial charge on any atom is -0.382 e. The highest BCUT2D eigenvalue weighted by Crippen LogP contribution is 2.01. The third-order valence-corrected chi connectivity index (χ3v) is 2.59. The Bertz CT molecular complexity index is 140. The minimum atomic E-state index is 0.354. The molecule has 4 nitrogen and oxygen atoms in total. The number of likely N-dealkylation sites (N-methyl/N-ethyl adjacent to an activating group) is 1. The summed E-state index contributed by atoms with van der Waals surface area (Å²) in [5, 5.41) is 0. The van der Waals surface area contributed by atoms with Gasteiger partial charge in [0.2, 0.25) is 0 Å². The van der Waals surface area contributed by atoms with Crippen molar-refractivity contribution < 1.29 is 14.2 Å². The Morgan fingerprint density at radius 3 is 2.06 bits per heavy atom. The number of hydrogen-bond acceptors (Lipinski definition) is 4. The van der Waals surface area contributed by atoms with E-state index in [1.165, 1.54) is 0 Å². The van der Waals surface area contributed by atoms with Gasteiger partial charge >= 0.3 is 0 Å². The molecule has 0 aliphatic heterocycles. The van der Waals surface area contributed by atoms with Crippen LogP contribution in [-0.2, 0) is 14.2 Å². The number of methoxy groups -OCH3 is 1. The monoisotopic (exact) mass is 233 g/mol. The van der Waals surface area contributed by atoms with Crippen molar-refractivity contribution in [2.75, 3.05) is 53.2 Å². The second-order valence-electron chi connectivity index (χ2n) is 3.60. The fraction of sp³-hybridized carbons (Fsp3) is 1.00. The first-order chi connectivity index (χ1) is 7.79. The zero-order valence-corrected chi connectivity index (χ0v) is 11.2. The van der Waals surface area contributed by atoms with Gasteiger partial charge in [-0.05, 0) is 20.0 Å². The summed E-state index contributed by atoms with van der Waals surface area (Å²) in [6.07, 6.45) is 0. The van der Waals surface area contributed by atoms with E-state index in [1.54, 1.807) is 7.11 Å². The summed E-state index contributed by atoms with van der Waals surface area (Å²) in [6, 6.07) is 0.354. The lowest BCUT2D eigenvalue weighted by atomic mass is 10.2. The van der Waals surface area contributed by atoms with Crippen LogP contribution in [0.15, 0.2) is 0 Å². The minimum absolute atomic E-state index is 0.354. The molecule has 0 amide bonds. The molecule has 4 heteroatoms. The van der Waals surface area contributed by atoms with Crippen molar-refractivity contribution in [2.24, 2.45) is 0 Å². The van der Waals surface area contributed by atoms with Gasteiger partial charge < -0.3 is 14.2 Å². The van der Waals surface area contributed by atoms with Crippen LogP contribution in [-0.4, -0.2) is 64.2 Å². The van der Waals surface area contributed by atoms with E-state index in [-0.39, 0.29) is 0 Å². The van der Waals surface area contributed by atoms with Crippen molar-refractivity contribution >= 4 is 0 Å². The molecule has 0 bridgehead atoms. The largest absolute Gasteiger partial charge is 0.382 e. The zero-order valence-electron chi connectivity index (χ0n) is 11.2. The molecule has 16 heavy (non-hydrogen) atoms. The second-order valence-corrected chi connectivity index (χ2v) is 3.60. The van der Waals surface area contributed by atoms with Gasteiger partial charge in [-0.15, -0.1) is 0 Å². The molecule has 0 aromatic rings. The van der Waals surface area contributed by atoms with Crippen LogP contribution in [0.25, 0.3) is 0 Å². The smallest absolute Gasteiger partial charge is 0.0701 e. The van der Waals surface area contributed by atoms with Gasteiger partial charge in [0.05, 0.1) is 32.5 Å². The number of nitrogens with zero attached hydrogens (tertiary/aromatic N) is 1. The van der Waals surface area contributed by atoms with Crippen molar-refractivity contribution in [1.29, 1.82) is 0 Å². The summed E-state index contributed by atoms with van der Waals surface area (Å²) in [5.41, 5.74) is 0. The quantitative estimate of drug-likeness (QED) is 0.505. The Balaban J connectivity index is 3.88. The summed E-state index contributed by atoms with van der Waals surface area (Å²) < 4.78 is 16.0. The van der Waals surface area contributed by atoms with Crippen LogP contribution in [0.2, 0.25) is 0 Å². The SMILES string of the molecule is CCOCC(COCCOC)N(CC)CC. The van der Waals surface area contributed by atoms with Gasteiger partial charge in [-0.1, -0.05) is 13.8 Å². The van der Waals surface area contributed by atoms with Gasteiger partial charge in [0.25, 0.3) is 0 Å². The molecule has 98 valence electrons.